The van der Waals surface area contributed by atoms with E-state index in [1.165, 1.54) is 11.1 Å². The number of benzene rings is 3. The summed E-state index contributed by atoms with van der Waals surface area (Å²) in [6.45, 7) is 2.11. The Labute approximate surface area is 202 Å². The first-order valence-corrected chi connectivity index (χ1v) is 11.9. The summed E-state index contributed by atoms with van der Waals surface area (Å²) in [4.78, 5) is 0. The van der Waals surface area contributed by atoms with Crippen LogP contribution in [0.3, 0.4) is 0 Å². The minimum Gasteiger partial charge on any atom is -0.352 e. The molecule has 0 bridgehead atoms. The fourth-order valence-electron chi connectivity index (χ4n) is 6.03. The summed E-state index contributed by atoms with van der Waals surface area (Å²) >= 11 is 28.3. The van der Waals surface area contributed by atoms with Crippen LogP contribution >= 0.6 is 46.4 Å². The van der Waals surface area contributed by atoms with Gasteiger partial charge in [0.25, 0.3) is 0 Å². The zero-order chi connectivity index (χ0) is 21.6. The number of ether oxygens (including phenoxy) is 1. The highest BCUT2D eigenvalue weighted by atomic mass is 35.5. The van der Waals surface area contributed by atoms with Gasteiger partial charge in [0, 0.05) is 17.8 Å². The third-order valence-corrected chi connectivity index (χ3v) is 9.54. The molecule has 0 radical (unpaired) electrons. The number of halogens is 4. The molecule has 3 aliphatic rings. The van der Waals surface area contributed by atoms with Gasteiger partial charge in [-0.1, -0.05) is 131 Å². The minimum absolute atomic E-state index is 0.0552. The lowest BCUT2D eigenvalue weighted by molar-refractivity contribution is -0.100. The molecule has 3 aromatic rings. The van der Waals surface area contributed by atoms with E-state index in [0.29, 0.717) is 0 Å². The Morgan fingerprint density at radius 1 is 0.613 bits per heavy atom. The Morgan fingerprint density at radius 3 is 1.48 bits per heavy atom. The number of alkyl halides is 4. The molecular weight excluding hydrogens is 470 g/mol. The van der Waals surface area contributed by atoms with Crippen molar-refractivity contribution in [3.63, 3.8) is 0 Å². The fraction of sp³-hybridized carbons (Fsp3) is 0.308. The number of fused-ring (bicyclic) bond motifs is 2. The van der Waals surface area contributed by atoms with Gasteiger partial charge in [-0.3, -0.25) is 0 Å². The Balaban J connectivity index is 1.62. The van der Waals surface area contributed by atoms with E-state index in [9.17, 15) is 0 Å². The third kappa shape index (κ3) is 2.35. The molecule has 2 aliphatic carbocycles. The molecule has 3 fully saturated rings. The predicted octanol–water partition coefficient (Wildman–Crippen LogP) is 7.51. The van der Waals surface area contributed by atoms with Crippen molar-refractivity contribution >= 4 is 46.4 Å². The van der Waals surface area contributed by atoms with Gasteiger partial charge in [0.1, 0.15) is 11.2 Å². The first-order valence-electron chi connectivity index (χ1n) is 10.4. The van der Waals surface area contributed by atoms with E-state index >= 15 is 0 Å². The second-order valence-corrected chi connectivity index (χ2v) is 11.7. The first kappa shape index (κ1) is 20.4. The van der Waals surface area contributed by atoms with Crippen LogP contribution < -0.4 is 0 Å². The zero-order valence-electron chi connectivity index (χ0n) is 16.7. The number of hydrogen-bond acceptors (Lipinski definition) is 1. The number of hydrogen-bond donors (Lipinski definition) is 0. The molecule has 5 heteroatoms. The molecule has 0 aromatic heterocycles. The Bertz CT molecular complexity index is 1090. The fourth-order valence-corrected chi connectivity index (χ4v) is 8.03. The van der Waals surface area contributed by atoms with Gasteiger partial charge in [-0.15, -0.1) is 0 Å². The van der Waals surface area contributed by atoms with Crippen LogP contribution in [0.25, 0.3) is 0 Å². The summed E-state index contributed by atoms with van der Waals surface area (Å²) in [5, 5.41) is 0. The maximum absolute atomic E-state index is 7.08. The lowest BCUT2D eigenvalue weighted by Crippen LogP contribution is -2.35. The van der Waals surface area contributed by atoms with E-state index in [4.69, 9.17) is 51.1 Å². The summed E-state index contributed by atoms with van der Waals surface area (Å²) in [6, 6.07) is 28.3. The van der Waals surface area contributed by atoms with Gasteiger partial charge in [-0.2, -0.15) is 0 Å². The van der Waals surface area contributed by atoms with E-state index in [1.807, 2.05) is 72.8 Å². The molecule has 1 saturated heterocycles. The van der Waals surface area contributed by atoms with Crippen LogP contribution in [0.2, 0.25) is 0 Å². The highest BCUT2D eigenvalue weighted by Gasteiger charge is 2.95. The molecule has 1 nitrogen and oxygen atoms in total. The maximum Gasteiger partial charge on any atom is 0.158 e. The average molecular weight is 490 g/mol. The number of aryl methyl sites for hydroxylation is 1. The lowest BCUT2D eigenvalue weighted by atomic mass is 9.80. The molecule has 3 aromatic carbocycles. The van der Waals surface area contributed by atoms with Crippen molar-refractivity contribution in [2.24, 2.45) is 11.8 Å². The summed E-state index contributed by atoms with van der Waals surface area (Å²) in [5.41, 5.74) is 2.45. The van der Waals surface area contributed by atoms with Gasteiger partial charge in [0.15, 0.2) is 8.67 Å². The quantitative estimate of drug-likeness (QED) is 0.346. The van der Waals surface area contributed by atoms with Crippen molar-refractivity contribution in [1.82, 2.24) is 0 Å². The molecule has 2 saturated carbocycles. The van der Waals surface area contributed by atoms with Crippen molar-refractivity contribution in [1.29, 1.82) is 0 Å². The van der Waals surface area contributed by atoms with Gasteiger partial charge in [-0.05, 0) is 29.2 Å². The monoisotopic (exact) mass is 488 g/mol. The van der Waals surface area contributed by atoms with Crippen LogP contribution in [-0.4, -0.2) is 8.67 Å². The average Bonchev–Trinajstić information content (AvgIpc) is 3.51. The van der Waals surface area contributed by atoms with E-state index in [1.54, 1.807) is 0 Å². The first-order chi connectivity index (χ1) is 14.8. The summed E-state index contributed by atoms with van der Waals surface area (Å²) in [6.07, 6.45) is 0. The second-order valence-electron chi connectivity index (χ2n) is 8.89. The Hall–Kier alpha value is -1.22. The van der Waals surface area contributed by atoms with Crippen molar-refractivity contribution in [3.05, 3.63) is 107 Å². The topological polar surface area (TPSA) is 9.23 Å². The molecule has 158 valence electrons. The Kier molecular flexibility index (Phi) is 4.23. The van der Waals surface area contributed by atoms with Crippen LogP contribution in [-0.2, 0) is 15.9 Å². The Morgan fingerprint density at radius 2 is 1.03 bits per heavy atom. The van der Waals surface area contributed by atoms with E-state index in [2.05, 4.69) is 19.1 Å². The van der Waals surface area contributed by atoms with Crippen molar-refractivity contribution in [2.75, 3.05) is 0 Å². The van der Waals surface area contributed by atoms with E-state index in [-0.39, 0.29) is 17.8 Å². The van der Waals surface area contributed by atoms with Crippen molar-refractivity contribution < 1.29 is 4.74 Å². The molecule has 6 rings (SSSR count). The SMILES string of the molecule is Cc1ccccc1C1[C@H]2C(Cl)(Cl)[C@]2(c2ccccc2)O[C@]2(c3ccccc3)[C@@H]1C2(Cl)Cl. The summed E-state index contributed by atoms with van der Waals surface area (Å²) in [5.74, 6) is -0.401. The van der Waals surface area contributed by atoms with Crippen molar-refractivity contribution in [2.45, 2.75) is 32.7 Å². The van der Waals surface area contributed by atoms with Crippen LogP contribution in [0.1, 0.15) is 28.2 Å². The summed E-state index contributed by atoms with van der Waals surface area (Å²) < 4.78 is 4.78. The van der Waals surface area contributed by atoms with E-state index < -0.39 is 19.9 Å². The van der Waals surface area contributed by atoms with Gasteiger partial charge < -0.3 is 4.74 Å². The third-order valence-electron chi connectivity index (χ3n) is 7.47. The molecule has 1 heterocycles. The molecule has 4 atom stereocenters. The maximum atomic E-state index is 7.08. The van der Waals surface area contributed by atoms with E-state index in [0.717, 1.165) is 11.1 Å². The molecule has 0 spiro atoms. The van der Waals surface area contributed by atoms with Crippen LogP contribution in [0.4, 0.5) is 0 Å². The highest BCUT2D eigenvalue weighted by molar-refractivity contribution is 6.54. The molecule has 0 N–H and O–H groups in total. The second kappa shape index (κ2) is 6.43. The molecule has 1 aliphatic heterocycles. The van der Waals surface area contributed by atoms with Crippen LogP contribution in [0.15, 0.2) is 84.9 Å². The van der Waals surface area contributed by atoms with Crippen LogP contribution in [0.5, 0.6) is 0 Å². The highest BCUT2D eigenvalue weighted by Crippen LogP contribution is 2.89. The molecule has 31 heavy (non-hydrogen) atoms. The normalized spacial score (nSPS) is 36.2. The van der Waals surface area contributed by atoms with Gasteiger partial charge in [0.2, 0.25) is 0 Å². The van der Waals surface area contributed by atoms with Gasteiger partial charge >= 0.3 is 0 Å². The van der Waals surface area contributed by atoms with Gasteiger partial charge in [0.05, 0.1) is 0 Å². The van der Waals surface area contributed by atoms with Crippen LogP contribution in [0, 0.1) is 18.8 Å². The standard InChI is InChI=1S/C26H20Cl4O/c1-16-10-8-9-15-19(16)20-21-23(25(21,27)28,17-11-4-2-5-12-17)31-24(22(20)26(24,29)30)18-13-6-3-7-14-18/h2-15,20-22H,1H3/t21-,22-,23-,24-/m1/s1. The predicted molar refractivity (Wildman–Crippen MR) is 127 cm³/mol. The molecular formula is C26H20Cl4O. The smallest absolute Gasteiger partial charge is 0.158 e. The molecule has 0 amide bonds. The lowest BCUT2D eigenvalue weighted by Gasteiger charge is -2.35. The van der Waals surface area contributed by atoms with Crippen molar-refractivity contribution in [3.8, 4) is 0 Å². The molecule has 0 unspecified atom stereocenters. The largest absolute Gasteiger partial charge is 0.352 e. The zero-order valence-corrected chi connectivity index (χ0v) is 19.8. The van der Waals surface area contributed by atoms with Gasteiger partial charge in [-0.25, -0.2) is 0 Å². The minimum atomic E-state index is -1.10. The number of rotatable bonds is 3. The summed E-state index contributed by atoms with van der Waals surface area (Å²) in [7, 11) is 0.